The van der Waals surface area contributed by atoms with Gasteiger partial charge < -0.3 is 5.73 Å². The Balaban J connectivity index is 2.22. The molecule has 1 heterocycles. The second-order valence-corrected chi connectivity index (χ2v) is 4.71. The topological polar surface area (TPSA) is 75.4 Å². The summed E-state index contributed by atoms with van der Waals surface area (Å²) in [4.78, 5) is 24.6. The van der Waals surface area contributed by atoms with Gasteiger partial charge in [-0.3, -0.25) is 19.8 Å². The first kappa shape index (κ1) is 12.9. The second-order valence-electron chi connectivity index (χ2n) is 4.30. The number of hydrogen-bond donors (Lipinski definition) is 2. The summed E-state index contributed by atoms with van der Waals surface area (Å²) in [6, 6.07) is 4.87. The lowest BCUT2D eigenvalue weighted by Crippen LogP contribution is -2.56. The van der Waals surface area contributed by atoms with Crippen LogP contribution >= 0.6 is 11.6 Å². The van der Waals surface area contributed by atoms with E-state index in [9.17, 15) is 9.59 Å². The van der Waals surface area contributed by atoms with Crippen molar-refractivity contribution in [1.29, 1.82) is 0 Å². The number of nitrogens with two attached hydrogens (primary N) is 1. The summed E-state index contributed by atoms with van der Waals surface area (Å²) in [6.07, 6.45) is 0. The number of nitrogens with one attached hydrogen (secondary N) is 1. The highest BCUT2D eigenvalue weighted by Gasteiger charge is 2.30. The standard InChI is InChI=1S/C12H14ClN3O2/c1-7-12(18)15-11(17)6-16(7)5-8-9(13)3-2-4-10(8)14/h2-4,7H,5-6,14H2,1H3,(H,15,17,18). The van der Waals surface area contributed by atoms with Crippen molar-refractivity contribution in [3.05, 3.63) is 28.8 Å². The minimum atomic E-state index is -0.377. The predicted molar refractivity (Wildman–Crippen MR) is 68.9 cm³/mol. The van der Waals surface area contributed by atoms with Crippen LogP contribution in [-0.4, -0.2) is 29.3 Å². The van der Waals surface area contributed by atoms with Crippen LogP contribution in [0.5, 0.6) is 0 Å². The number of carbonyl (C=O) groups is 2. The molecule has 18 heavy (non-hydrogen) atoms. The highest BCUT2D eigenvalue weighted by Crippen LogP contribution is 2.24. The molecule has 0 saturated carbocycles. The molecule has 0 aromatic heterocycles. The monoisotopic (exact) mass is 267 g/mol. The number of nitrogens with zero attached hydrogens (tertiary/aromatic N) is 1. The molecular weight excluding hydrogens is 254 g/mol. The van der Waals surface area contributed by atoms with Crippen LogP contribution in [0.15, 0.2) is 18.2 Å². The first-order chi connectivity index (χ1) is 8.49. The van der Waals surface area contributed by atoms with Crippen molar-refractivity contribution in [3.63, 3.8) is 0 Å². The van der Waals surface area contributed by atoms with Gasteiger partial charge >= 0.3 is 0 Å². The lowest BCUT2D eigenvalue weighted by molar-refractivity contribution is -0.139. The minimum Gasteiger partial charge on any atom is -0.398 e. The quantitative estimate of drug-likeness (QED) is 0.613. The van der Waals surface area contributed by atoms with E-state index in [1.807, 2.05) is 0 Å². The summed E-state index contributed by atoms with van der Waals surface area (Å²) in [5, 5.41) is 2.83. The molecule has 2 amide bonds. The average molecular weight is 268 g/mol. The van der Waals surface area contributed by atoms with Gasteiger partial charge in [0.05, 0.1) is 12.6 Å². The van der Waals surface area contributed by atoms with E-state index >= 15 is 0 Å². The number of piperazine rings is 1. The van der Waals surface area contributed by atoms with E-state index in [1.165, 1.54) is 0 Å². The largest absolute Gasteiger partial charge is 0.398 e. The van der Waals surface area contributed by atoms with Gasteiger partial charge in [-0.25, -0.2) is 0 Å². The van der Waals surface area contributed by atoms with Gasteiger partial charge in [0, 0.05) is 22.8 Å². The molecule has 1 fully saturated rings. The van der Waals surface area contributed by atoms with Crippen molar-refractivity contribution >= 4 is 29.1 Å². The number of halogens is 1. The second kappa shape index (κ2) is 4.96. The highest BCUT2D eigenvalue weighted by molar-refractivity contribution is 6.31. The van der Waals surface area contributed by atoms with E-state index < -0.39 is 0 Å². The molecule has 96 valence electrons. The molecule has 1 unspecified atom stereocenters. The molecule has 0 spiro atoms. The Labute approximate surface area is 110 Å². The maximum atomic E-state index is 11.5. The molecule has 5 nitrogen and oxygen atoms in total. The number of rotatable bonds is 2. The number of benzene rings is 1. The van der Waals surface area contributed by atoms with Crippen molar-refractivity contribution in [2.45, 2.75) is 19.5 Å². The number of amides is 2. The fourth-order valence-electron chi connectivity index (χ4n) is 1.91. The van der Waals surface area contributed by atoms with Crippen LogP contribution in [-0.2, 0) is 16.1 Å². The van der Waals surface area contributed by atoms with Crippen molar-refractivity contribution in [3.8, 4) is 0 Å². The smallest absolute Gasteiger partial charge is 0.243 e. The number of imide groups is 1. The molecule has 0 aliphatic carbocycles. The Bertz CT molecular complexity index is 484. The van der Waals surface area contributed by atoms with Crippen LogP contribution in [0.4, 0.5) is 5.69 Å². The van der Waals surface area contributed by atoms with Crippen LogP contribution in [0.25, 0.3) is 0 Å². The fourth-order valence-corrected chi connectivity index (χ4v) is 2.15. The van der Waals surface area contributed by atoms with Gasteiger partial charge in [-0.2, -0.15) is 0 Å². The van der Waals surface area contributed by atoms with Crippen LogP contribution in [0, 0.1) is 0 Å². The molecule has 1 aliphatic heterocycles. The Morgan fingerprint density at radius 3 is 2.89 bits per heavy atom. The van der Waals surface area contributed by atoms with Gasteiger partial charge in [0.2, 0.25) is 11.8 Å². The molecule has 1 aromatic carbocycles. The molecule has 0 radical (unpaired) electrons. The van der Waals surface area contributed by atoms with Crippen molar-refractivity contribution < 1.29 is 9.59 Å². The van der Waals surface area contributed by atoms with E-state index in [1.54, 1.807) is 30.0 Å². The Hall–Kier alpha value is -1.59. The van der Waals surface area contributed by atoms with Gasteiger partial charge in [-0.1, -0.05) is 17.7 Å². The highest BCUT2D eigenvalue weighted by atomic mass is 35.5. The average Bonchev–Trinajstić information content (AvgIpc) is 2.30. The molecule has 1 atom stereocenters. The Morgan fingerprint density at radius 1 is 1.50 bits per heavy atom. The summed E-state index contributed by atoms with van der Waals surface area (Å²) in [5.74, 6) is -0.597. The van der Waals surface area contributed by atoms with Gasteiger partial charge in [-0.05, 0) is 19.1 Å². The maximum Gasteiger partial charge on any atom is 0.243 e. The van der Waals surface area contributed by atoms with Crippen LogP contribution in [0.1, 0.15) is 12.5 Å². The molecule has 1 aliphatic rings. The molecule has 2 rings (SSSR count). The van der Waals surface area contributed by atoms with E-state index in [4.69, 9.17) is 17.3 Å². The first-order valence-electron chi connectivity index (χ1n) is 5.59. The van der Waals surface area contributed by atoms with Crippen molar-refractivity contribution in [2.75, 3.05) is 12.3 Å². The van der Waals surface area contributed by atoms with Gasteiger partial charge in [0.1, 0.15) is 0 Å². The summed E-state index contributed by atoms with van der Waals surface area (Å²) >= 11 is 6.08. The Morgan fingerprint density at radius 2 is 2.22 bits per heavy atom. The fraction of sp³-hybridized carbons (Fsp3) is 0.333. The number of anilines is 1. The molecule has 1 saturated heterocycles. The third-order valence-electron chi connectivity index (χ3n) is 3.05. The van der Waals surface area contributed by atoms with E-state index in [0.29, 0.717) is 17.3 Å². The summed E-state index contributed by atoms with van der Waals surface area (Å²) in [6.45, 7) is 2.29. The SMILES string of the molecule is CC1C(=O)NC(=O)CN1Cc1c(N)cccc1Cl. The van der Waals surface area contributed by atoms with Gasteiger partial charge in [-0.15, -0.1) is 0 Å². The lowest BCUT2D eigenvalue weighted by atomic mass is 10.1. The van der Waals surface area contributed by atoms with Gasteiger partial charge in [0.25, 0.3) is 0 Å². The number of carbonyl (C=O) groups excluding carboxylic acids is 2. The van der Waals surface area contributed by atoms with Crippen molar-refractivity contribution in [1.82, 2.24) is 10.2 Å². The van der Waals surface area contributed by atoms with E-state index in [-0.39, 0.29) is 24.4 Å². The zero-order valence-corrected chi connectivity index (χ0v) is 10.7. The number of nitrogen functional groups attached to an aromatic ring is 1. The summed E-state index contributed by atoms with van der Waals surface area (Å²) in [7, 11) is 0. The van der Waals surface area contributed by atoms with E-state index in [0.717, 1.165) is 5.56 Å². The summed E-state index contributed by atoms with van der Waals surface area (Å²) in [5.41, 5.74) is 7.16. The van der Waals surface area contributed by atoms with E-state index in [2.05, 4.69) is 5.32 Å². The third kappa shape index (κ3) is 2.47. The normalized spacial score (nSPS) is 20.9. The van der Waals surface area contributed by atoms with Crippen molar-refractivity contribution in [2.24, 2.45) is 0 Å². The van der Waals surface area contributed by atoms with Crippen LogP contribution < -0.4 is 11.1 Å². The molecule has 0 bridgehead atoms. The zero-order valence-electron chi connectivity index (χ0n) is 9.94. The molecule has 6 heteroatoms. The van der Waals surface area contributed by atoms with Gasteiger partial charge in [0.15, 0.2) is 0 Å². The predicted octanol–water partition coefficient (Wildman–Crippen LogP) is 0.769. The lowest BCUT2D eigenvalue weighted by Gasteiger charge is -2.32. The number of hydrogen-bond acceptors (Lipinski definition) is 4. The Kier molecular flexibility index (Phi) is 3.54. The molecule has 3 N–H and O–H groups in total. The maximum absolute atomic E-state index is 11.5. The molecular formula is C12H14ClN3O2. The zero-order chi connectivity index (χ0) is 13.3. The van der Waals surface area contributed by atoms with Crippen LogP contribution in [0.3, 0.4) is 0 Å². The summed E-state index contributed by atoms with van der Waals surface area (Å²) < 4.78 is 0. The molecule has 1 aromatic rings. The first-order valence-corrected chi connectivity index (χ1v) is 5.97. The minimum absolute atomic E-state index is 0.164. The van der Waals surface area contributed by atoms with Crippen LogP contribution in [0.2, 0.25) is 5.02 Å². The third-order valence-corrected chi connectivity index (χ3v) is 3.41.